The van der Waals surface area contributed by atoms with Crippen molar-refractivity contribution < 1.29 is 4.52 Å². The van der Waals surface area contributed by atoms with Gasteiger partial charge in [-0.15, -0.1) is 35.3 Å². The molecule has 1 aliphatic heterocycles. The predicted molar refractivity (Wildman–Crippen MR) is 138 cm³/mol. The van der Waals surface area contributed by atoms with Crippen LogP contribution in [0.3, 0.4) is 0 Å². The first-order chi connectivity index (χ1) is 14.7. The highest BCUT2D eigenvalue weighted by Gasteiger charge is 2.20. The van der Waals surface area contributed by atoms with Crippen molar-refractivity contribution in [3.05, 3.63) is 52.7 Å². The van der Waals surface area contributed by atoms with Crippen molar-refractivity contribution >= 4 is 57.9 Å². The lowest BCUT2D eigenvalue weighted by molar-refractivity contribution is 0.380. The minimum absolute atomic E-state index is 0. The van der Waals surface area contributed by atoms with Gasteiger partial charge in [-0.3, -0.25) is 0 Å². The molecule has 0 atom stereocenters. The van der Waals surface area contributed by atoms with Crippen LogP contribution in [-0.4, -0.2) is 41.8 Å². The molecule has 7 nitrogen and oxygen atoms in total. The van der Waals surface area contributed by atoms with Crippen molar-refractivity contribution in [1.29, 1.82) is 0 Å². The molecule has 0 unspecified atom stereocenters. The van der Waals surface area contributed by atoms with Gasteiger partial charge in [0, 0.05) is 36.3 Å². The summed E-state index contributed by atoms with van der Waals surface area (Å²) in [7, 11) is 0. The van der Waals surface area contributed by atoms with Gasteiger partial charge >= 0.3 is 0 Å². The van der Waals surface area contributed by atoms with Crippen molar-refractivity contribution in [3.63, 3.8) is 0 Å². The van der Waals surface area contributed by atoms with Crippen LogP contribution in [0.2, 0.25) is 5.02 Å². The fraction of sp³-hybridized carbons (Fsp3) is 0.381. The van der Waals surface area contributed by atoms with Crippen LogP contribution < -0.4 is 15.5 Å². The highest BCUT2D eigenvalue weighted by atomic mass is 127. The summed E-state index contributed by atoms with van der Waals surface area (Å²) < 4.78 is 5.36. The number of piperidine rings is 1. The Morgan fingerprint density at radius 2 is 2.13 bits per heavy atom. The van der Waals surface area contributed by atoms with Crippen LogP contribution in [0.4, 0.5) is 5.00 Å². The SMILES string of the molecule is CCNC(=NCc1nc(-c2cccc(Cl)c2)no1)NC1CCN(c2cccs2)CC1.I. The Kier molecular flexibility index (Phi) is 8.97. The zero-order valence-corrected chi connectivity index (χ0v) is 21.2. The largest absolute Gasteiger partial charge is 0.363 e. The zero-order chi connectivity index (χ0) is 20.8. The number of guanidine groups is 1. The van der Waals surface area contributed by atoms with E-state index < -0.39 is 0 Å². The molecule has 0 bridgehead atoms. The molecule has 2 aromatic heterocycles. The fourth-order valence-electron chi connectivity index (χ4n) is 3.42. The second kappa shape index (κ2) is 11.7. The molecule has 0 radical (unpaired) electrons. The van der Waals surface area contributed by atoms with E-state index in [2.05, 4.69) is 55.1 Å². The van der Waals surface area contributed by atoms with Gasteiger partial charge in [0.15, 0.2) is 5.96 Å². The number of benzene rings is 1. The Bertz CT molecular complexity index is 972. The van der Waals surface area contributed by atoms with Crippen molar-refractivity contribution in [1.82, 2.24) is 20.8 Å². The Balaban J connectivity index is 0.00000272. The molecule has 0 aliphatic carbocycles. The third-order valence-electron chi connectivity index (χ3n) is 4.92. The van der Waals surface area contributed by atoms with Gasteiger partial charge in [-0.05, 0) is 49.4 Å². The van der Waals surface area contributed by atoms with Gasteiger partial charge in [-0.25, -0.2) is 4.99 Å². The van der Waals surface area contributed by atoms with Gasteiger partial charge in [-0.1, -0.05) is 28.9 Å². The van der Waals surface area contributed by atoms with Crippen LogP contribution in [0.1, 0.15) is 25.7 Å². The number of nitrogens with one attached hydrogen (secondary N) is 2. The molecule has 31 heavy (non-hydrogen) atoms. The number of halogens is 2. The van der Waals surface area contributed by atoms with E-state index in [4.69, 9.17) is 16.1 Å². The van der Waals surface area contributed by atoms with Crippen LogP contribution in [0.5, 0.6) is 0 Å². The van der Waals surface area contributed by atoms with Gasteiger partial charge in [0.25, 0.3) is 0 Å². The van der Waals surface area contributed by atoms with Gasteiger partial charge < -0.3 is 20.1 Å². The number of hydrogen-bond acceptors (Lipinski definition) is 6. The van der Waals surface area contributed by atoms with Crippen molar-refractivity contribution in [3.8, 4) is 11.4 Å². The van der Waals surface area contributed by atoms with Crippen molar-refractivity contribution in [2.75, 3.05) is 24.5 Å². The average Bonchev–Trinajstić information content (AvgIpc) is 3.45. The van der Waals surface area contributed by atoms with Gasteiger partial charge in [0.2, 0.25) is 11.7 Å². The number of aliphatic imine (C=N–C) groups is 1. The zero-order valence-electron chi connectivity index (χ0n) is 17.3. The first kappa shape index (κ1) is 23.8. The molecular formula is C21H26ClIN6OS. The normalized spacial score (nSPS) is 14.9. The number of nitrogens with zero attached hydrogens (tertiary/aromatic N) is 4. The number of thiophene rings is 1. The predicted octanol–water partition coefficient (Wildman–Crippen LogP) is 4.79. The highest BCUT2D eigenvalue weighted by Crippen LogP contribution is 2.25. The Labute approximate surface area is 208 Å². The minimum atomic E-state index is 0. The third kappa shape index (κ3) is 6.56. The molecule has 1 fully saturated rings. The topological polar surface area (TPSA) is 78.6 Å². The molecule has 1 aliphatic rings. The Morgan fingerprint density at radius 3 is 2.84 bits per heavy atom. The second-order valence-corrected chi connectivity index (χ2v) is 8.44. The maximum Gasteiger partial charge on any atom is 0.248 e. The van der Waals surface area contributed by atoms with Crippen LogP contribution in [-0.2, 0) is 6.54 Å². The van der Waals surface area contributed by atoms with E-state index in [0.29, 0.717) is 29.3 Å². The quantitative estimate of drug-likeness (QED) is 0.251. The summed E-state index contributed by atoms with van der Waals surface area (Å²) in [6, 6.07) is 12.1. The van der Waals surface area contributed by atoms with E-state index >= 15 is 0 Å². The summed E-state index contributed by atoms with van der Waals surface area (Å²) in [6.07, 6.45) is 2.14. The molecule has 0 saturated carbocycles. The third-order valence-corrected chi connectivity index (χ3v) is 6.09. The summed E-state index contributed by atoms with van der Waals surface area (Å²) in [5.74, 6) is 1.76. The standard InChI is InChI=1S/C21H25ClN6OS.HI/c1-2-23-21(25-17-8-10-28(11-9-17)19-7-4-12-30-19)24-14-18-26-20(27-29-18)15-5-3-6-16(22)13-15;/h3-7,12-13,17H,2,8-11,14H2,1H3,(H2,23,24,25);1H. The van der Waals surface area contributed by atoms with Crippen LogP contribution in [0.25, 0.3) is 11.4 Å². The number of aromatic nitrogens is 2. The van der Waals surface area contributed by atoms with Crippen LogP contribution in [0.15, 0.2) is 51.3 Å². The minimum Gasteiger partial charge on any atom is -0.363 e. The molecule has 2 N–H and O–H groups in total. The van der Waals surface area contributed by atoms with E-state index in [0.717, 1.165) is 44.0 Å². The van der Waals surface area contributed by atoms with Crippen LogP contribution >= 0.6 is 46.9 Å². The molecule has 1 aromatic carbocycles. The number of rotatable bonds is 6. The van der Waals surface area contributed by atoms with E-state index in [1.165, 1.54) is 5.00 Å². The Morgan fingerprint density at radius 1 is 1.29 bits per heavy atom. The van der Waals surface area contributed by atoms with Gasteiger partial charge in [0.05, 0.1) is 5.00 Å². The number of hydrogen-bond donors (Lipinski definition) is 2. The maximum absolute atomic E-state index is 6.04. The van der Waals surface area contributed by atoms with E-state index in [9.17, 15) is 0 Å². The molecular weight excluding hydrogens is 547 g/mol. The van der Waals surface area contributed by atoms with Crippen molar-refractivity contribution in [2.24, 2.45) is 4.99 Å². The fourth-order valence-corrected chi connectivity index (χ4v) is 4.39. The smallest absolute Gasteiger partial charge is 0.248 e. The van der Waals surface area contributed by atoms with Gasteiger partial charge in [-0.2, -0.15) is 4.98 Å². The molecule has 1 saturated heterocycles. The first-order valence-electron chi connectivity index (χ1n) is 10.1. The number of anilines is 1. The summed E-state index contributed by atoms with van der Waals surface area (Å²) in [5.41, 5.74) is 0.823. The molecule has 166 valence electrons. The first-order valence-corrected chi connectivity index (χ1v) is 11.4. The van der Waals surface area contributed by atoms with Crippen molar-refractivity contribution in [2.45, 2.75) is 32.4 Å². The van der Waals surface area contributed by atoms with Crippen LogP contribution in [0, 0.1) is 0 Å². The van der Waals surface area contributed by atoms with E-state index in [1.54, 1.807) is 11.3 Å². The molecule has 10 heteroatoms. The lowest BCUT2D eigenvalue weighted by Gasteiger charge is -2.33. The highest BCUT2D eigenvalue weighted by molar-refractivity contribution is 14.0. The van der Waals surface area contributed by atoms with Gasteiger partial charge in [0.1, 0.15) is 6.54 Å². The Hall–Kier alpha value is -1.85. The summed E-state index contributed by atoms with van der Waals surface area (Å²) in [6.45, 7) is 5.25. The molecule has 0 amide bonds. The average molecular weight is 573 g/mol. The molecule has 0 spiro atoms. The summed E-state index contributed by atoms with van der Waals surface area (Å²) in [4.78, 5) is 11.5. The molecule has 4 rings (SSSR count). The maximum atomic E-state index is 6.04. The van der Waals surface area contributed by atoms with E-state index in [1.807, 2.05) is 24.3 Å². The monoisotopic (exact) mass is 572 g/mol. The second-order valence-electron chi connectivity index (χ2n) is 7.07. The lowest BCUT2D eigenvalue weighted by atomic mass is 10.1. The summed E-state index contributed by atoms with van der Waals surface area (Å²) in [5, 5.41) is 15.0. The lowest BCUT2D eigenvalue weighted by Crippen LogP contribution is -2.48. The molecule has 3 heterocycles. The summed E-state index contributed by atoms with van der Waals surface area (Å²) >= 11 is 7.84. The molecule has 3 aromatic rings. The van der Waals surface area contributed by atoms with E-state index in [-0.39, 0.29) is 24.0 Å².